The molecule has 0 bridgehead atoms. The van der Waals surface area contributed by atoms with E-state index in [4.69, 9.17) is 11.6 Å². The highest BCUT2D eigenvalue weighted by molar-refractivity contribution is 6.33. The third-order valence-corrected chi connectivity index (χ3v) is 3.84. The van der Waals surface area contributed by atoms with Crippen molar-refractivity contribution in [2.24, 2.45) is 0 Å². The minimum atomic E-state index is -0.938. The van der Waals surface area contributed by atoms with Crippen molar-refractivity contribution in [3.8, 4) is 6.07 Å². The molecule has 22 heavy (non-hydrogen) atoms. The number of hydrogen-bond acceptors (Lipinski definition) is 2. The van der Waals surface area contributed by atoms with E-state index in [0.29, 0.717) is 23.4 Å². The Morgan fingerprint density at radius 3 is 2.45 bits per heavy atom. The summed E-state index contributed by atoms with van der Waals surface area (Å²) in [6.45, 7) is 1.73. The van der Waals surface area contributed by atoms with Crippen molar-refractivity contribution >= 4 is 17.5 Å². The molecule has 1 atom stereocenters. The molecule has 1 N–H and O–H groups in total. The monoisotopic (exact) mass is 312 g/mol. The van der Waals surface area contributed by atoms with Crippen molar-refractivity contribution in [2.45, 2.75) is 25.3 Å². The van der Waals surface area contributed by atoms with Crippen molar-refractivity contribution in [1.29, 1.82) is 5.26 Å². The molecule has 0 aliphatic heterocycles. The van der Waals surface area contributed by atoms with Gasteiger partial charge in [-0.1, -0.05) is 54.1 Å². The number of rotatable bonds is 5. The average Bonchev–Trinajstić information content (AvgIpc) is 2.54. The number of carbonyl (C=O) groups is 1. The number of nitriles is 1. The maximum Gasteiger partial charge on any atom is 0.254 e. The van der Waals surface area contributed by atoms with Crippen molar-refractivity contribution in [1.82, 2.24) is 5.32 Å². The molecular formula is C18H17ClN2O. The number of hydrogen-bond donors (Lipinski definition) is 1. The summed E-state index contributed by atoms with van der Waals surface area (Å²) in [5.74, 6) is -0.331. The standard InChI is InChI=1S/C18H17ClN2O/c1-18(13-20,12-11-14-7-3-2-4-8-14)21-17(22)15-9-5-6-10-16(15)19/h2-10H,11-12H2,1H3,(H,21,22). The van der Waals surface area contributed by atoms with Crippen LogP contribution >= 0.6 is 11.6 Å². The number of amides is 1. The van der Waals surface area contributed by atoms with Crippen LogP contribution in [-0.2, 0) is 6.42 Å². The van der Waals surface area contributed by atoms with E-state index < -0.39 is 5.54 Å². The Morgan fingerprint density at radius 2 is 1.82 bits per heavy atom. The van der Waals surface area contributed by atoms with Crippen LogP contribution in [0.25, 0.3) is 0 Å². The summed E-state index contributed by atoms with van der Waals surface area (Å²) in [5.41, 5.74) is 0.577. The highest BCUT2D eigenvalue weighted by Crippen LogP contribution is 2.18. The molecule has 0 aliphatic rings. The predicted molar refractivity (Wildman–Crippen MR) is 87.7 cm³/mol. The van der Waals surface area contributed by atoms with Crippen LogP contribution in [0.5, 0.6) is 0 Å². The minimum absolute atomic E-state index is 0.331. The van der Waals surface area contributed by atoms with Crippen LogP contribution in [0.1, 0.15) is 29.3 Å². The van der Waals surface area contributed by atoms with Gasteiger partial charge in [0.1, 0.15) is 5.54 Å². The van der Waals surface area contributed by atoms with E-state index in [2.05, 4.69) is 11.4 Å². The summed E-state index contributed by atoms with van der Waals surface area (Å²) < 4.78 is 0. The zero-order chi connectivity index (χ0) is 16.0. The summed E-state index contributed by atoms with van der Waals surface area (Å²) in [4.78, 5) is 12.3. The van der Waals surface area contributed by atoms with Gasteiger partial charge in [0, 0.05) is 0 Å². The molecule has 2 aromatic carbocycles. The fourth-order valence-corrected chi connectivity index (χ4v) is 2.37. The number of nitrogens with zero attached hydrogens (tertiary/aromatic N) is 1. The van der Waals surface area contributed by atoms with Gasteiger partial charge in [-0.25, -0.2) is 0 Å². The highest BCUT2D eigenvalue weighted by atomic mass is 35.5. The fourth-order valence-electron chi connectivity index (χ4n) is 2.15. The number of nitrogens with one attached hydrogen (secondary N) is 1. The molecule has 3 nitrogen and oxygen atoms in total. The molecule has 2 rings (SSSR count). The van der Waals surface area contributed by atoms with Gasteiger partial charge in [0.05, 0.1) is 16.7 Å². The lowest BCUT2D eigenvalue weighted by molar-refractivity contribution is 0.0922. The molecule has 0 fully saturated rings. The molecule has 0 radical (unpaired) electrons. The second-order valence-corrected chi connectivity index (χ2v) is 5.77. The van der Waals surface area contributed by atoms with E-state index in [9.17, 15) is 10.1 Å². The summed E-state index contributed by atoms with van der Waals surface area (Å²) in [6, 6.07) is 18.9. The van der Waals surface area contributed by atoms with Gasteiger partial charge in [0.25, 0.3) is 5.91 Å². The second kappa shape index (κ2) is 7.11. The van der Waals surface area contributed by atoms with Crippen LogP contribution in [0.4, 0.5) is 0 Å². The number of carbonyl (C=O) groups excluding carboxylic acids is 1. The molecule has 0 aliphatic carbocycles. The first kappa shape index (κ1) is 16.1. The molecule has 112 valence electrons. The zero-order valence-electron chi connectivity index (χ0n) is 12.3. The molecule has 0 spiro atoms. The largest absolute Gasteiger partial charge is 0.334 e. The maximum absolute atomic E-state index is 12.3. The summed E-state index contributed by atoms with van der Waals surface area (Å²) >= 11 is 6.02. The van der Waals surface area contributed by atoms with Crippen LogP contribution in [0.3, 0.4) is 0 Å². The number of benzene rings is 2. The Hall–Kier alpha value is -2.31. The first-order chi connectivity index (χ1) is 10.5. The molecule has 0 saturated heterocycles. The van der Waals surface area contributed by atoms with E-state index in [1.54, 1.807) is 31.2 Å². The summed E-state index contributed by atoms with van der Waals surface area (Å²) in [5, 5.41) is 12.6. The number of aryl methyl sites for hydroxylation is 1. The predicted octanol–water partition coefficient (Wildman–Crippen LogP) is 3.98. The summed E-state index contributed by atoms with van der Waals surface area (Å²) in [6.07, 6.45) is 1.25. The quantitative estimate of drug-likeness (QED) is 0.907. The number of halogens is 1. The Balaban J connectivity index is 2.06. The smallest absolute Gasteiger partial charge is 0.254 e. The van der Waals surface area contributed by atoms with Crippen LogP contribution in [0.15, 0.2) is 54.6 Å². The maximum atomic E-state index is 12.3. The molecule has 1 amide bonds. The molecule has 4 heteroatoms. The Labute approximate surface area is 135 Å². The second-order valence-electron chi connectivity index (χ2n) is 5.36. The van der Waals surface area contributed by atoms with Gasteiger partial charge in [-0.15, -0.1) is 0 Å². The molecular weight excluding hydrogens is 296 g/mol. The van der Waals surface area contributed by atoms with Crippen molar-refractivity contribution in [3.63, 3.8) is 0 Å². The highest BCUT2D eigenvalue weighted by Gasteiger charge is 2.27. The van der Waals surface area contributed by atoms with E-state index in [1.807, 2.05) is 30.3 Å². The van der Waals surface area contributed by atoms with Crippen LogP contribution < -0.4 is 5.32 Å². The van der Waals surface area contributed by atoms with Crippen molar-refractivity contribution in [3.05, 3.63) is 70.7 Å². The third-order valence-electron chi connectivity index (χ3n) is 3.51. The van der Waals surface area contributed by atoms with Gasteiger partial charge in [-0.3, -0.25) is 4.79 Å². The normalized spacial score (nSPS) is 13.0. The van der Waals surface area contributed by atoms with Crippen LogP contribution in [0.2, 0.25) is 5.02 Å². The van der Waals surface area contributed by atoms with Gasteiger partial charge in [0.15, 0.2) is 0 Å². The van der Waals surface area contributed by atoms with Gasteiger partial charge in [-0.05, 0) is 37.5 Å². The van der Waals surface area contributed by atoms with E-state index >= 15 is 0 Å². The Morgan fingerprint density at radius 1 is 1.18 bits per heavy atom. The lowest BCUT2D eigenvalue weighted by Crippen LogP contribution is -2.45. The lowest BCUT2D eigenvalue weighted by atomic mass is 9.94. The third kappa shape index (κ3) is 4.09. The first-order valence-corrected chi connectivity index (χ1v) is 7.44. The average molecular weight is 313 g/mol. The molecule has 0 aromatic heterocycles. The molecule has 0 saturated carbocycles. The van der Waals surface area contributed by atoms with E-state index in [-0.39, 0.29) is 5.91 Å². The Kier molecular flexibility index (Phi) is 5.19. The van der Waals surface area contributed by atoms with Gasteiger partial charge < -0.3 is 5.32 Å². The fraction of sp³-hybridized carbons (Fsp3) is 0.222. The van der Waals surface area contributed by atoms with Gasteiger partial charge in [0.2, 0.25) is 0 Å². The van der Waals surface area contributed by atoms with E-state index in [1.165, 1.54) is 0 Å². The Bertz CT molecular complexity index is 694. The van der Waals surface area contributed by atoms with Gasteiger partial charge in [-0.2, -0.15) is 5.26 Å². The zero-order valence-corrected chi connectivity index (χ0v) is 13.1. The van der Waals surface area contributed by atoms with Crippen molar-refractivity contribution in [2.75, 3.05) is 0 Å². The van der Waals surface area contributed by atoms with Crippen molar-refractivity contribution < 1.29 is 4.79 Å². The minimum Gasteiger partial charge on any atom is -0.334 e. The molecule has 1 unspecified atom stereocenters. The topological polar surface area (TPSA) is 52.9 Å². The summed E-state index contributed by atoms with van der Waals surface area (Å²) in [7, 11) is 0. The lowest BCUT2D eigenvalue weighted by Gasteiger charge is -2.23. The van der Waals surface area contributed by atoms with Gasteiger partial charge >= 0.3 is 0 Å². The molecule has 0 heterocycles. The van der Waals surface area contributed by atoms with E-state index in [0.717, 1.165) is 5.56 Å². The molecule has 2 aromatic rings. The SMILES string of the molecule is CC(C#N)(CCc1ccccc1)NC(=O)c1ccccc1Cl. The van der Waals surface area contributed by atoms with Crippen LogP contribution in [-0.4, -0.2) is 11.4 Å². The van der Waals surface area contributed by atoms with Crippen LogP contribution in [0, 0.1) is 11.3 Å². The first-order valence-electron chi connectivity index (χ1n) is 7.06.